The van der Waals surface area contributed by atoms with E-state index < -0.39 is 0 Å². The van der Waals surface area contributed by atoms with E-state index in [0.29, 0.717) is 27.3 Å². The largest absolute Gasteiger partial charge is 0.377 e. The maximum absolute atomic E-state index is 6.19. The Kier molecular flexibility index (Phi) is 4.06. The molecule has 0 aliphatic carbocycles. The van der Waals surface area contributed by atoms with E-state index in [4.69, 9.17) is 34.8 Å². The SMILES string of the molecule is Cc1nc2scc(C)n2c1CNc1c(Cl)cc(Cl)cc1Cl. The zero-order chi connectivity index (χ0) is 15.1. The number of halogens is 3. The van der Waals surface area contributed by atoms with Gasteiger partial charge in [-0.1, -0.05) is 34.8 Å². The predicted octanol–water partition coefficient (Wildman–Crippen LogP) is 5.58. The molecule has 0 saturated carbocycles. The van der Waals surface area contributed by atoms with Gasteiger partial charge in [0.1, 0.15) is 0 Å². The third-order valence-corrected chi connectivity index (χ3v) is 5.03. The van der Waals surface area contributed by atoms with Crippen molar-refractivity contribution in [1.82, 2.24) is 9.38 Å². The van der Waals surface area contributed by atoms with Crippen molar-refractivity contribution in [1.29, 1.82) is 0 Å². The lowest BCUT2D eigenvalue weighted by Crippen LogP contribution is -2.05. The quantitative estimate of drug-likeness (QED) is 0.660. The number of aromatic nitrogens is 2. The van der Waals surface area contributed by atoms with E-state index in [1.54, 1.807) is 23.5 Å². The molecule has 0 bridgehead atoms. The third kappa shape index (κ3) is 2.73. The summed E-state index contributed by atoms with van der Waals surface area (Å²) in [6.45, 7) is 4.66. The van der Waals surface area contributed by atoms with Crippen LogP contribution in [0.4, 0.5) is 5.69 Å². The van der Waals surface area contributed by atoms with Gasteiger partial charge in [-0.3, -0.25) is 4.40 Å². The van der Waals surface area contributed by atoms with Crippen LogP contribution >= 0.6 is 46.1 Å². The molecule has 0 radical (unpaired) electrons. The van der Waals surface area contributed by atoms with Gasteiger partial charge in [-0.15, -0.1) is 11.3 Å². The molecule has 0 aliphatic rings. The number of imidazole rings is 1. The minimum absolute atomic E-state index is 0.507. The molecule has 1 aromatic carbocycles. The molecular weight excluding hydrogens is 349 g/mol. The number of benzene rings is 1. The third-order valence-electron chi connectivity index (χ3n) is 3.27. The lowest BCUT2D eigenvalue weighted by atomic mass is 10.3. The highest BCUT2D eigenvalue weighted by Crippen LogP contribution is 2.34. The van der Waals surface area contributed by atoms with Gasteiger partial charge < -0.3 is 5.32 Å². The second-order valence-corrected chi connectivity index (χ2v) is 6.82. The summed E-state index contributed by atoms with van der Waals surface area (Å²) < 4.78 is 2.14. The van der Waals surface area contributed by atoms with Crippen LogP contribution in [0.25, 0.3) is 4.96 Å². The van der Waals surface area contributed by atoms with E-state index in [0.717, 1.165) is 16.3 Å². The van der Waals surface area contributed by atoms with Gasteiger partial charge in [-0.25, -0.2) is 4.98 Å². The van der Waals surface area contributed by atoms with Gasteiger partial charge in [0.25, 0.3) is 0 Å². The summed E-state index contributed by atoms with van der Waals surface area (Å²) in [5, 5.41) is 6.91. The van der Waals surface area contributed by atoms with Crippen molar-refractivity contribution in [2.45, 2.75) is 20.4 Å². The molecular formula is C14H12Cl3N3S. The van der Waals surface area contributed by atoms with Gasteiger partial charge in [-0.2, -0.15) is 0 Å². The first kappa shape index (κ1) is 15.0. The minimum atomic E-state index is 0.507. The number of rotatable bonds is 3. The summed E-state index contributed by atoms with van der Waals surface area (Å²) in [6.07, 6.45) is 0. The Hall–Kier alpha value is -0.940. The van der Waals surface area contributed by atoms with Crippen LogP contribution in [0.2, 0.25) is 15.1 Å². The molecule has 0 saturated heterocycles. The van der Waals surface area contributed by atoms with Crippen LogP contribution < -0.4 is 5.32 Å². The van der Waals surface area contributed by atoms with Gasteiger partial charge in [-0.05, 0) is 26.0 Å². The summed E-state index contributed by atoms with van der Waals surface area (Å²) in [6, 6.07) is 3.35. The first-order valence-corrected chi connectivity index (χ1v) is 8.29. The first-order chi connectivity index (χ1) is 9.97. The van der Waals surface area contributed by atoms with Crippen LogP contribution in [0.5, 0.6) is 0 Å². The Morgan fingerprint density at radius 1 is 1.19 bits per heavy atom. The van der Waals surface area contributed by atoms with Crippen molar-refractivity contribution in [2.24, 2.45) is 0 Å². The van der Waals surface area contributed by atoms with Gasteiger partial charge in [0.2, 0.25) is 0 Å². The highest BCUT2D eigenvalue weighted by Gasteiger charge is 2.14. The van der Waals surface area contributed by atoms with Crippen molar-refractivity contribution in [3.05, 3.63) is 49.7 Å². The van der Waals surface area contributed by atoms with Crippen LogP contribution in [0.3, 0.4) is 0 Å². The number of aryl methyl sites for hydroxylation is 2. The molecule has 3 aromatic rings. The molecule has 0 aliphatic heterocycles. The number of hydrogen-bond acceptors (Lipinski definition) is 3. The van der Waals surface area contributed by atoms with E-state index in [9.17, 15) is 0 Å². The lowest BCUT2D eigenvalue weighted by Gasteiger charge is -2.11. The Morgan fingerprint density at radius 2 is 1.86 bits per heavy atom. The standard InChI is InChI=1S/C14H12Cl3N3S/c1-7-6-21-14-19-8(2)12(20(7)14)5-18-13-10(16)3-9(15)4-11(13)17/h3-4,6,18H,5H2,1-2H3. The molecule has 110 valence electrons. The van der Waals surface area contributed by atoms with Gasteiger partial charge in [0, 0.05) is 16.1 Å². The molecule has 21 heavy (non-hydrogen) atoms. The van der Waals surface area contributed by atoms with Crippen LogP contribution in [-0.2, 0) is 6.54 Å². The normalized spacial score (nSPS) is 11.3. The van der Waals surface area contributed by atoms with Gasteiger partial charge in [0.05, 0.1) is 33.7 Å². The van der Waals surface area contributed by atoms with Crippen molar-refractivity contribution in [3.63, 3.8) is 0 Å². The molecule has 1 N–H and O–H groups in total. The molecule has 0 spiro atoms. The number of anilines is 1. The molecule has 0 atom stereocenters. The Bertz CT molecular complexity index is 799. The van der Waals surface area contributed by atoms with Gasteiger partial charge in [0.15, 0.2) is 4.96 Å². The van der Waals surface area contributed by atoms with Crippen molar-refractivity contribution < 1.29 is 0 Å². The molecule has 7 heteroatoms. The van der Waals surface area contributed by atoms with Gasteiger partial charge >= 0.3 is 0 Å². The topological polar surface area (TPSA) is 29.3 Å². The number of nitrogens with zero attached hydrogens (tertiary/aromatic N) is 2. The zero-order valence-electron chi connectivity index (χ0n) is 11.4. The van der Waals surface area contributed by atoms with Crippen LogP contribution in [-0.4, -0.2) is 9.38 Å². The smallest absolute Gasteiger partial charge is 0.194 e. The molecule has 3 rings (SSSR count). The van der Waals surface area contributed by atoms with E-state index in [2.05, 4.69) is 27.0 Å². The Balaban J connectivity index is 1.94. The molecule has 2 heterocycles. The number of thiazole rings is 1. The molecule has 2 aromatic heterocycles. The van der Waals surface area contributed by atoms with E-state index in [1.807, 2.05) is 6.92 Å². The lowest BCUT2D eigenvalue weighted by molar-refractivity contribution is 0.966. The predicted molar refractivity (Wildman–Crippen MR) is 91.3 cm³/mol. The average molecular weight is 361 g/mol. The first-order valence-electron chi connectivity index (χ1n) is 6.28. The van der Waals surface area contributed by atoms with Crippen LogP contribution in [0.1, 0.15) is 17.1 Å². The Morgan fingerprint density at radius 3 is 2.52 bits per heavy atom. The van der Waals surface area contributed by atoms with Crippen molar-refractivity contribution in [2.75, 3.05) is 5.32 Å². The fourth-order valence-corrected chi connectivity index (χ4v) is 4.14. The number of hydrogen-bond donors (Lipinski definition) is 1. The summed E-state index contributed by atoms with van der Waals surface area (Å²) in [7, 11) is 0. The maximum Gasteiger partial charge on any atom is 0.194 e. The number of fused-ring (bicyclic) bond motifs is 1. The molecule has 0 unspecified atom stereocenters. The second-order valence-electron chi connectivity index (χ2n) is 4.74. The minimum Gasteiger partial charge on any atom is -0.377 e. The maximum atomic E-state index is 6.19. The highest BCUT2D eigenvalue weighted by atomic mass is 35.5. The summed E-state index contributed by atoms with van der Waals surface area (Å²) in [5.74, 6) is 0. The van der Waals surface area contributed by atoms with Crippen LogP contribution in [0.15, 0.2) is 17.5 Å². The van der Waals surface area contributed by atoms with Crippen LogP contribution in [0, 0.1) is 13.8 Å². The van der Waals surface area contributed by atoms with E-state index in [-0.39, 0.29) is 0 Å². The molecule has 0 amide bonds. The average Bonchev–Trinajstić information content (AvgIpc) is 2.89. The van der Waals surface area contributed by atoms with Crippen molar-refractivity contribution >= 4 is 56.8 Å². The summed E-state index contributed by atoms with van der Waals surface area (Å²) >= 11 is 19.9. The monoisotopic (exact) mass is 359 g/mol. The number of nitrogens with one attached hydrogen (secondary N) is 1. The van der Waals surface area contributed by atoms with E-state index in [1.165, 1.54) is 5.69 Å². The fourth-order valence-electron chi connectivity index (χ4n) is 2.26. The zero-order valence-corrected chi connectivity index (χ0v) is 14.5. The van der Waals surface area contributed by atoms with Crippen molar-refractivity contribution in [3.8, 4) is 0 Å². The summed E-state index contributed by atoms with van der Waals surface area (Å²) in [4.78, 5) is 5.56. The second kappa shape index (κ2) is 5.69. The molecule has 0 fully saturated rings. The summed E-state index contributed by atoms with van der Waals surface area (Å²) in [5.41, 5.74) is 3.95. The fraction of sp³-hybridized carbons (Fsp3) is 0.214. The molecule has 3 nitrogen and oxygen atoms in total. The highest BCUT2D eigenvalue weighted by molar-refractivity contribution is 7.15. The van der Waals surface area contributed by atoms with E-state index >= 15 is 0 Å². The Labute approximate surface area is 141 Å².